The topological polar surface area (TPSA) is 68.5 Å². The Morgan fingerprint density at radius 3 is 2.60 bits per heavy atom. The second kappa shape index (κ2) is 6.92. The number of hydrogen-bond acceptors (Lipinski definition) is 5. The van der Waals surface area contributed by atoms with Gasteiger partial charge in [0.1, 0.15) is 5.82 Å². The summed E-state index contributed by atoms with van der Waals surface area (Å²) in [7, 11) is 1.43. The molecule has 1 aliphatic rings. The number of aromatic nitrogens is 2. The van der Waals surface area contributed by atoms with Crippen molar-refractivity contribution in [3.63, 3.8) is 0 Å². The molecule has 0 radical (unpaired) electrons. The van der Waals surface area contributed by atoms with Crippen molar-refractivity contribution >= 4 is 5.91 Å². The molecule has 1 saturated heterocycles. The van der Waals surface area contributed by atoms with Gasteiger partial charge in [0.2, 0.25) is 5.89 Å². The molecule has 0 aliphatic carbocycles. The van der Waals surface area contributed by atoms with Gasteiger partial charge < -0.3 is 14.2 Å². The molecule has 2 aromatic rings. The first-order chi connectivity index (χ1) is 12.0. The zero-order valence-corrected chi connectivity index (χ0v) is 14.7. The second-order valence-electron chi connectivity index (χ2n) is 6.46. The average molecular weight is 347 g/mol. The quantitative estimate of drug-likeness (QED) is 0.851. The summed E-state index contributed by atoms with van der Waals surface area (Å²) >= 11 is 0. The zero-order chi connectivity index (χ0) is 18.0. The molecule has 0 bridgehead atoms. The van der Waals surface area contributed by atoms with Gasteiger partial charge in [0, 0.05) is 31.7 Å². The van der Waals surface area contributed by atoms with E-state index in [1.54, 1.807) is 36.9 Å². The van der Waals surface area contributed by atoms with Crippen LogP contribution in [0.4, 0.5) is 4.39 Å². The summed E-state index contributed by atoms with van der Waals surface area (Å²) in [6.45, 7) is 4.47. The average Bonchev–Trinajstić information content (AvgIpc) is 3.07. The zero-order valence-electron chi connectivity index (χ0n) is 14.7. The van der Waals surface area contributed by atoms with Gasteiger partial charge in [0.25, 0.3) is 5.91 Å². The number of likely N-dealkylation sites (tertiary alicyclic amines) is 1. The minimum atomic E-state index is -1.35. The number of halogens is 1. The van der Waals surface area contributed by atoms with Gasteiger partial charge in [-0.15, -0.1) is 0 Å². The highest BCUT2D eigenvalue weighted by atomic mass is 19.1. The summed E-state index contributed by atoms with van der Waals surface area (Å²) in [4.78, 5) is 19.0. The van der Waals surface area contributed by atoms with Crippen molar-refractivity contribution in [2.24, 2.45) is 0 Å². The molecule has 0 spiro atoms. The van der Waals surface area contributed by atoms with Crippen LogP contribution in [0.1, 0.15) is 43.0 Å². The molecule has 3 rings (SSSR count). The van der Waals surface area contributed by atoms with E-state index < -0.39 is 11.4 Å². The van der Waals surface area contributed by atoms with E-state index in [1.807, 2.05) is 0 Å². The largest absolute Gasteiger partial charge is 0.364 e. The number of benzene rings is 1. The van der Waals surface area contributed by atoms with Gasteiger partial charge in [-0.1, -0.05) is 23.4 Å². The van der Waals surface area contributed by atoms with E-state index in [0.29, 0.717) is 24.8 Å². The smallest absolute Gasteiger partial charge is 0.259 e. The molecule has 1 aromatic carbocycles. The fourth-order valence-corrected chi connectivity index (χ4v) is 3.27. The molecule has 1 aromatic heterocycles. The highest BCUT2D eigenvalue weighted by Gasteiger charge is 2.41. The Morgan fingerprint density at radius 1 is 1.36 bits per heavy atom. The van der Waals surface area contributed by atoms with Crippen molar-refractivity contribution in [2.75, 3.05) is 20.2 Å². The number of carbonyl (C=O) groups is 1. The van der Waals surface area contributed by atoms with Crippen LogP contribution in [-0.2, 0) is 15.1 Å². The predicted octanol–water partition coefficient (Wildman–Crippen LogP) is 2.78. The number of methoxy groups -OCH3 is 1. The Kier molecular flexibility index (Phi) is 4.85. The lowest BCUT2D eigenvalue weighted by Gasteiger charge is -2.37. The maximum Gasteiger partial charge on any atom is 0.259 e. The lowest BCUT2D eigenvalue weighted by atomic mass is 9.90. The number of piperidine rings is 1. The van der Waals surface area contributed by atoms with Crippen LogP contribution in [0.15, 0.2) is 28.8 Å². The fraction of sp³-hybridized carbons (Fsp3) is 0.500. The summed E-state index contributed by atoms with van der Waals surface area (Å²) in [6, 6.07) is 6.22. The molecule has 25 heavy (non-hydrogen) atoms. The minimum Gasteiger partial charge on any atom is -0.364 e. The molecule has 134 valence electrons. The van der Waals surface area contributed by atoms with E-state index >= 15 is 0 Å². The summed E-state index contributed by atoms with van der Waals surface area (Å²) in [6.07, 6.45) is 1.45. The van der Waals surface area contributed by atoms with E-state index in [1.165, 1.54) is 13.2 Å². The molecular formula is C18H22FN3O3. The maximum absolute atomic E-state index is 14.2. The first-order valence-corrected chi connectivity index (χ1v) is 8.35. The standard InChI is InChI=1S/C18H22FN3O3/c1-12-20-16(25-21-12)13-8-10-22(11-9-13)17(23)18(2,24-3)14-6-4-5-7-15(14)19/h4-7,13H,8-11H2,1-3H3/t18-/m0/s1. The van der Waals surface area contributed by atoms with E-state index in [-0.39, 0.29) is 17.4 Å². The summed E-state index contributed by atoms with van der Waals surface area (Å²) in [5.41, 5.74) is -1.10. The first kappa shape index (κ1) is 17.5. The van der Waals surface area contributed by atoms with Gasteiger partial charge in [-0.25, -0.2) is 4.39 Å². The molecule has 1 atom stereocenters. The van der Waals surface area contributed by atoms with Crippen molar-refractivity contribution in [3.05, 3.63) is 47.4 Å². The van der Waals surface area contributed by atoms with Gasteiger partial charge in [0.15, 0.2) is 11.4 Å². The second-order valence-corrected chi connectivity index (χ2v) is 6.46. The number of carbonyl (C=O) groups excluding carboxylic acids is 1. The third kappa shape index (κ3) is 3.28. The third-order valence-corrected chi connectivity index (χ3v) is 4.88. The van der Waals surface area contributed by atoms with Crippen molar-refractivity contribution in [1.82, 2.24) is 15.0 Å². The fourth-order valence-electron chi connectivity index (χ4n) is 3.27. The molecular weight excluding hydrogens is 325 g/mol. The van der Waals surface area contributed by atoms with Crippen molar-refractivity contribution in [3.8, 4) is 0 Å². The Hall–Kier alpha value is -2.28. The van der Waals surface area contributed by atoms with Gasteiger partial charge in [-0.3, -0.25) is 4.79 Å². The Labute approximate surface area is 146 Å². The third-order valence-electron chi connectivity index (χ3n) is 4.88. The minimum absolute atomic E-state index is 0.146. The highest BCUT2D eigenvalue weighted by Crippen LogP contribution is 2.33. The lowest BCUT2D eigenvalue weighted by Crippen LogP contribution is -2.49. The van der Waals surface area contributed by atoms with Crippen LogP contribution in [0.25, 0.3) is 0 Å². The highest BCUT2D eigenvalue weighted by molar-refractivity contribution is 5.86. The molecule has 7 heteroatoms. The van der Waals surface area contributed by atoms with Crippen LogP contribution in [0, 0.1) is 12.7 Å². The van der Waals surface area contributed by atoms with Crippen molar-refractivity contribution in [1.29, 1.82) is 0 Å². The number of aryl methyl sites for hydroxylation is 1. The molecule has 1 amide bonds. The monoisotopic (exact) mass is 347 g/mol. The van der Waals surface area contributed by atoms with E-state index in [0.717, 1.165) is 12.8 Å². The first-order valence-electron chi connectivity index (χ1n) is 8.35. The summed E-state index contributed by atoms with van der Waals surface area (Å²) < 4.78 is 24.9. The van der Waals surface area contributed by atoms with Crippen molar-refractivity contribution < 1.29 is 18.4 Å². The van der Waals surface area contributed by atoms with Gasteiger partial charge in [0.05, 0.1) is 0 Å². The van der Waals surface area contributed by atoms with E-state index in [2.05, 4.69) is 10.1 Å². The normalized spacial score (nSPS) is 18.2. The number of nitrogens with zero attached hydrogens (tertiary/aromatic N) is 3. The predicted molar refractivity (Wildman–Crippen MR) is 88.4 cm³/mol. The number of rotatable bonds is 4. The van der Waals surface area contributed by atoms with Crippen LogP contribution in [0.5, 0.6) is 0 Å². The molecule has 2 heterocycles. The van der Waals surface area contributed by atoms with Gasteiger partial charge >= 0.3 is 0 Å². The summed E-state index contributed by atoms with van der Waals surface area (Å²) in [5, 5.41) is 3.82. The summed E-state index contributed by atoms with van der Waals surface area (Å²) in [5.74, 6) is 0.692. The van der Waals surface area contributed by atoms with E-state index in [4.69, 9.17) is 9.26 Å². The van der Waals surface area contributed by atoms with Gasteiger partial charge in [-0.05, 0) is 32.8 Å². The Balaban J connectivity index is 1.73. The van der Waals surface area contributed by atoms with E-state index in [9.17, 15) is 9.18 Å². The number of ether oxygens (including phenoxy) is 1. The van der Waals surface area contributed by atoms with Crippen LogP contribution < -0.4 is 0 Å². The molecule has 1 aliphatic heterocycles. The van der Waals surface area contributed by atoms with Crippen LogP contribution in [-0.4, -0.2) is 41.1 Å². The number of amides is 1. The number of hydrogen-bond donors (Lipinski definition) is 0. The Morgan fingerprint density at radius 2 is 2.04 bits per heavy atom. The molecule has 0 saturated carbocycles. The van der Waals surface area contributed by atoms with Crippen LogP contribution >= 0.6 is 0 Å². The van der Waals surface area contributed by atoms with Crippen molar-refractivity contribution in [2.45, 2.75) is 38.2 Å². The van der Waals surface area contributed by atoms with Crippen LogP contribution in [0.2, 0.25) is 0 Å². The molecule has 6 nitrogen and oxygen atoms in total. The van der Waals surface area contributed by atoms with Crippen LogP contribution in [0.3, 0.4) is 0 Å². The molecule has 0 N–H and O–H groups in total. The Bertz CT molecular complexity index is 756. The maximum atomic E-state index is 14.2. The SMILES string of the molecule is CO[C@](C)(C(=O)N1CCC(c2nc(C)no2)CC1)c1ccccc1F. The lowest BCUT2D eigenvalue weighted by molar-refractivity contribution is -0.155. The van der Waals surface area contributed by atoms with Gasteiger partial charge in [-0.2, -0.15) is 4.98 Å². The molecule has 1 fully saturated rings. The molecule has 0 unspecified atom stereocenters.